The summed E-state index contributed by atoms with van der Waals surface area (Å²) in [5.74, 6) is 3.97. The van der Waals surface area contributed by atoms with E-state index in [4.69, 9.17) is 16.3 Å². The van der Waals surface area contributed by atoms with Gasteiger partial charge in [0.05, 0.1) is 0 Å². The summed E-state index contributed by atoms with van der Waals surface area (Å²) in [6, 6.07) is 0. The first-order valence-corrected chi connectivity index (χ1v) is 7.48. The Morgan fingerprint density at radius 1 is 1.12 bits per heavy atom. The Balaban J connectivity index is 1.63. The molecule has 1 heterocycles. The van der Waals surface area contributed by atoms with Gasteiger partial charge in [0, 0.05) is 19.1 Å². The smallest absolute Gasteiger partial charge is 0.0471 e. The van der Waals surface area contributed by atoms with Crippen LogP contribution in [0.5, 0.6) is 0 Å². The van der Waals surface area contributed by atoms with Crippen molar-refractivity contribution in [3.8, 4) is 0 Å². The fourth-order valence-corrected chi connectivity index (χ4v) is 4.76. The molecule has 0 amide bonds. The number of hydrogen-bond acceptors (Lipinski definition) is 1. The third-order valence-corrected chi connectivity index (χ3v) is 5.98. The average molecular weight is 243 g/mol. The molecule has 16 heavy (non-hydrogen) atoms. The van der Waals surface area contributed by atoms with E-state index in [-0.39, 0.29) is 0 Å². The second kappa shape index (κ2) is 4.49. The average Bonchev–Trinajstić information content (AvgIpc) is 2.92. The van der Waals surface area contributed by atoms with Crippen molar-refractivity contribution in [1.29, 1.82) is 0 Å². The first-order chi connectivity index (χ1) is 7.81. The molecule has 92 valence electrons. The maximum absolute atomic E-state index is 6.26. The normalized spacial score (nSPS) is 41.4. The van der Waals surface area contributed by atoms with Gasteiger partial charge in [0.1, 0.15) is 0 Å². The monoisotopic (exact) mass is 242 g/mol. The minimum Gasteiger partial charge on any atom is -0.381 e. The zero-order valence-corrected chi connectivity index (χ0v) is 10.8. The predicted molar refractivity (Wildman–Crippen MR) is 66.8 cm³/mol. The highest BCUT2D eigenvalue weighted by atomic mass is 35.5. The van der Waals surface area contributed by atoms with E-state index in [9.17, 15) is 0 Å². The largest absolute Gasteiger partial charge is 0.381 e. The Morgan fingerprint density at radius 2 is 1.94 bits per heavy atom. The standard InChI is InChI=1S/C14H23ClO/c15-10-14(3-5-16-6-4-14)9-13-8-11-1-2-12(13)7-11/h11-13H,1-10H2. The summed E-state index contributed by atoms with van der Waals surface area (Å²) in [6.45, 7) is 1.88. The quantitative estimate of drug-likeness (QED) is 0.684. The van der Waals surface area contributed by atoms with Crippen LogP contribution in [0.15, 0.2) is 0 Å². The fraction of sp³-hybridized carbons (Fsp3) is 1.00. The molecule has 1 nitrogen and oxygen atoms in total. The van der Waals surface area contributed by atoms with Crippen LogP contribution < -0.4 is 0 Å². The summed E-state index contributed by atoms with van der Waals surface area (Å²) in [7, 11) is 0. The lowest BCUT2D eigenvalue weighted by molar-refractivity contribution is 0.00904. The Bertz CT molecular complexity index is 247. The summed E-state index contributed by atoms with van der Waals surface area (Å²) in [4.78, 5) is 0. The number of fused-ring (bicyclic) bond motifs is 2. The maximum Gasteiger partial charge on any atom is 0.0471 e. The van der Waals surface area contributed by atoms with Gasteiger partial charge in [0.15, 0.2) is 0 Å². The van der Waals surface area contributed by atoms with Crippen molar-refractivity contribution in [1.82, 2.24) is 0 Å². The van der Waals surface area contributed by atoms with Crippen molar-refractivity contribution in [2.45, 2.75) is 44.9 Å². The molecule has 3 aliphatic rings. The molecule has 0 aromatic heterocycles. The van der Waals surface area contributed by atoms with E-state index in [0.717, 1.165) is 36.8 Å². The molecule has 1 aliphatic heterocycles. The van der Waals surface area contributed by atoms with Crippen molar-refractivity contribution in [3.05, 3.63) is 0 Å². The molecule has 0 aromatic rings. The lowest BCUT2D eigenvalue weighted by atomic mass is 9.71. The van der Waals surface area contributed by atoms with Gasteiger partial charge in [-0.25, -0.2) is 0 Å². The van der Waals surface area contributed by atoms with Gasteiger partial charge < -0.3 is 4.74 Å². The van der Waals surface area contributed by atoms with Gasteiger partial charge in [-0.1, -0.05) is 6.42 Å². The molecule has 2 aliphatic carbocycles. The van der Waals surface area contributed by atoms with Gasteiger partial charge in [-0.2, -0.15) is 0 Å². The molecule has 0 radical (unpaired) electrons. The number of alkyl halides is 1. The van der Waals surface area contributed by atoms with Gasteiger partial charge in [-0.15, -0.1) is 11.6 Å². The van der Waals surface area contributed by atoms with Gasteiger partial charge in [0.25, 0.3) is 0 Å². The predicted octanol–water partition coefficient (Wildman–Crippen LogP) is 3.85. The second-order valence-corrected chi connectivity index (χ2v) is 6.65. The lowest BCUT2D eigenvalue weighted by Gasteiger charge is -2.39. The van der Waals surface area contributed by atoms with E-state index in [1.165, 1.54) is 44.9 Å². The fourth-order valence-electron chi connectivity index (χ4n) is 4.38. The summed E-state index contributed by atoms with van der Waals surface area (Å²) in [5.41, 5.74) is 0.426. The molecular weight excluding hydrogens is 220 g/mol. The van der Waals surface area contributed by atoms with E-state index >= 15 is 0 Å². The molecule has 2 bridgehead atoms. The van der Waals surface area contributed by atoms with Gasteiger partial charge in [-0.3, -0.25) is 0 Å². The van der Waals surface area contributed by atoms with Crippen molar-refractivity contribution in [3.63, 3.8) is 0 Å². The van der Waals surface area contributed by atoms with E-state index in [2.05, 4.69) is 0 Å². The van der Waals surface area contributed by atoms with Crippen LogP contribution in [-0.2, 0) is 4.74 Å². The molecule has 3 rings (SSSR count). The first-order valence-electron chi connectivity index (χ1n) is 6.95. The minimum absolute atomic E-state index is 0.426. The van der Waals surface area contributed by atoms with E-state index < -0.39 is 0 Å². The van der Waals surface area contributed by atoms with E-state index in [0.29, 0.717) is 5.41 Å². The summed E-state index contributed by atoms with van der Waals surface area (Å²) >= 11 is 6.26. The molecule has 3 unspecified atom stereocenters. The SMILES string of the molecule is ClCC1(CC2CC3CCC2C3)CCOCC1. The number of hydrogen-bond donors (Lipinski definition) is 0. The third-order valence-electron chi connectivity index (χ3n) is 5.42. The lowest BCUT2D eigenvalue weighted by Crippen LogP contribution is -2.34. The highest BCUT2D eigenvalue weighted by Crippen LogP contribution is 2.53. The summed E-state index contributed by atoms with van der Waals surface area (Å²) in [5, 5.41) is 0. The van der Waals surface area contributed by atoms with Gasteiger partial charge >= 0.3 is 0 Å². The van der Waals surface area contributed by atoms with Crippen LogP contribution in [0, 0.1) is 23.2 Å². The third kappa shape index (κ3) is 2.01. The summed E-state index contributed by atoms with van der Waals surface area (Å²) in [6.07, 6.45) is 9.84. The minimum atomic E-state index is 0.426. The van der Waals surface area contributed by atoms with Gasteiger partial charge in [-0.05, 0) is 61.7 Å². The van der Waals surface area contributed by atoms with E-state index in [1.807, 2.05) is 0 Å². The summed E-state index contributed by atoms with van der Waals surface area (Å²) < 4.78 is 5.49. The van der Waals surface area contributed by atoms with Crippen molar-refractivity contribution in [2.75, 3.05) is 19.1 Å². The van der Waals surface area contributed by atoms with Gasteiger partial charge in [0.2, 0.25) is 0 Å². The zero-order chi connectivity index (χ0) is 11.0. The Morgan fingerprint density at radius 3 is 2.50 bits per heavy atom. The molecule has 3 fully saturated rings. The molecule has 3 atom stereocenters. The highest BCUT2D eigenvalue weighted by Gasteiger charge is 2.43. The molecule has 2 heteroatoms. The number of rotatable bonds is 3. The topological polar surface area (TPSA) is 9.23 Å². The van der Waals surface area contributed by atoms with Crippen molar-refractivity contribution < 1.29 is 4.74 Å². The van der Waals surface area contributed by atoms with Crippen LogP contribution in [0.4, 0.5) is 0 Å². The van der Waals surface area contributed by atoms with Crippen molar-refractivity contribution in [2.24, 2.45) is 23.2 Å². The molecule has 1 saturated heterocycles. The zero-order valence-electron chi connectivity index (χ0n) is 10.1. The van der Waals surface area contributed by atoms with Crippen molar-refractivity contribution >= 4 is 11.6 Å². The Labute approximate surface area is 104 Å². The van der Waals surface area contributed by atoms with Crippen LogP contribution >= 0.6 is 11.6 Å². The molecule has 0 N–H and O–H groups in total. The maximum atomic E-state index is 6.26. The molecule has 0 aromatic carbocycles. The Kier molecular flexibility index (Phi) is 3.19. The number of halogens is 1. The van der Waals surface area contributed by atoms with Crippen LogP contribution in [0.3, 0.4) is 0 Å². The molecule has 2 saturated carbocycles. The van der Waals surface area contributed by atoms with E-state index in [1.54, 1.807) is 0 Å². The first kappa shape index (κ1) is 11.3. The second-order valence-electron chi connectivity index (χ2n) is 6.39. The van der Waals surface area contributed by atoms with Crippen LogP contribution in [-0.4, -0.2) is 19.1 Å². The number of ether oxygens (including phenoxy) is 1. The van der Waals surface area contributed by atoms with Crippen LogP contribution in [0.1, 0.15) is 44.9 Å². The highest BCUT2D eigenvalue weighted by molar-refractivity contribution is 6.18. The molecule has 0 spiro atoms. The Hall–Kier alpha value is 0.250. The van der Waals surface area contributed by atoms with Crippen LogP contribution in [0.25, 0.3) is 0 Å². The van der Waals surface area contributed by atoms with Crippen LogP contribution in [0.2, 0.25) is 0 Å². The molecular formula is C14H23ClO.